The van der Waals surface area contributed by atoms with Gasteiger partial charge in [0.25, 0.3) is 5.91 Å². The lowest BCUT2D eigenvalue weighted by Gasteiger charge is -2.30. The van der Waals surface area contributed by atoms with Gasteiger partial charge >= 0.3 is 24.4 Å². The molecule has 2 aromatic rings. The molecule has 1 aliphatic rings. The van der Waals surface area contributed by atoms with Crippen LogP contribution in [0.1, 0.15) is 111 Å². The Balaban J connectivity index is 1.67. The summed E-state index contributed by atoms with van der Waals surface area (Å²) in [5.41, 5.74) is -0.981. The van der Waals surface area contributed by atoms with E-state index in [1.165, 1.54) is 6.07 Å². The lowest BCUT2D eigenvalue weighted by molar-refractivity contribution is 0.0539. The minimum Gasteiger partial charge on any atom is -0.444 e. The van der Waals surface area contributed by atoms with E-state index < -0.39 is 58.5 Å². The predicted molar refractivity (Wildman–Crippen MR) is 218 cm³/mol. The monoisotopic (exact) mass is 809 g/mol. The third-order valence-electron chi connectivity index (χ3n) is 7.18. The number of ether oxygens (including phenoxy) is 4. The fourth-order valence-electron chi connectivity index (χ4n) is 4.95. The molecule has 0 radical (unpaired) electrons. The highest BCUT2D eigenvalue weighted by Crippen LogP contribution is 2.27. The van der Waals surface area contributed by atoms with E-state index in [1.54, 1.807) is 130 Å². The van der Waals surface area contributed by atoms with Crippen molar-refractivity contribution in [2.24, 2.45) is 9.98 Å². The largest absolute Gasteiger partial charge is 0.444 e. The van der Waals surface area contributed by atoms with Crippen LogP contribution in [0.15, 0.2) is 58.5 Å². The van der Waals surface area contributed by atoms with Gasteiger partial charge in [-0.25, -0.2) is 23.6 Å². The average Bonchev–Trinajstić information content (AvgIpc) is 3.04. The second-order valence-corrected chi connectivity index (χ2v) is 17.2. The molecular formula is C41H56FN7O9. The van der Waals surface area contributed by atoms with Gasteiger partial charge in [-0.3, -0.25) is 15.4 Å². The number of benzene rings is 2. The first-order valence-electron chi connectivity index (χ1n) is 18.7. The number of guanidine groups is 2. The minimum atomic E-state index is -0.921. The summed E-state index contributed by atoms with van der Waals surface area (Å²) >= 11 is 0. The Kier molecular flexibility index (Phi) is 15.2. The fraction of sp³-hybridized carbons (Fsp3) is 0.488. The molecule has 0 saturated carbocycles. The number of amides is 5. The van der Waals surface area contributed by atoms with Gasteiger partial charge in [-0.1, -0.05) is 18.2 Å². The molecule has 0 atom stereocenters. The van der Waals surface area contributed by atoms with Gasteiger partial charge in [0, 0.05) is 36.4 Å². The molecule has 0 spiro atoms. The number of hydrogen-bond donors (Lipinski definition) is 4. The molecule has 0 aromatic heterocycles. The number of rotatable bonds is 5. The zero-order valence-electron chi connectivity index (χ0n) is 35.3. The van der Waals surface area contributed by atoms with Crippen LogP contribution in [0, 0.1) is 5.82 Å². The van der Waals surface area contributed by atoms with E-state index in [4.69, 9.17) is 18.9 Å². The SMILES string of the molecule is CC(C)(C)OC(=O)/N=C(/NCc1ccc(C(=O)Nc2ccc(C3=CCN(/C(=N\C(=O)OC(C)(C)C)NC(=O)OC(C)(C)C)CC3)c(F)c2)cc1)NC(=O)OC(C)(C)C. The highest BCUT2D eigenvalue weighted by Gasteiger charge is 2.26. The van der Waals surface area contributed by atoms with Gasteiger partial charge in [0.15, 0.2) is 0 Å². The van der Waals surface area contributed by atoms with Gasteiger partial charge in [0.05, 0.1) is 0 Å². The molecule has 2 aromatic carbocycles. The molecule has 0 saturated heterocycles. The minimum absolute atomic E-state index is 0.0615. The Morgan fingerprint density at radius 3 is 1.74 bits per heavy atom. The van der Waals surface area contributed by atoms with Crippen molar-refractivity contribution in [2.45, 2.75) is 118 Å². The van der Waals surface area contributed by atoms with Gasteiger partial charge in [-0.05, 0) is 131 Å². The van der Waals surface area contributed by atoms with Crippen LogP contribution in [-0.2, 0) is 25.5 Å². The Hall–Kier alpha value is -6.00. The number of halogens is 1. The Morgan fingerprint density at radius 1 is 0.707 bits per heavy atom. The Morgan fingerprint density at radius 2 is 1.24 bits per heavy atom. The second-order valence-electron chi connectivity index (χ2n) is 17.2. The molecule has 0 unspecified atom stereocenters. The van der Waals surface area contributed by atoms with E-state index in [-0.39, 0.29) is 37.2 Å². The van der Waals surface area contributed by atoms with Crippen LogP contribution in [0.3, 0.4) is 0 Å². The standard InChI is InChI=1S/C41H56FN7O9/c1-38(2,3)55-34(51)45-32(46-35(52)56-39(4,5)6)43-24-25-13-15-27(16-14-25)31(50)44-28-17-18-29(30(42)23-28)26-19-21-49(22-20-26)33(47-36(53)57-40(7,8)9)48-37(54)58-41(10,11)12/h13-19,23H,20-22,24H2,1-12H3,(H,44,50)(H,47,48,53,54)(H2,43,45,46,51,52). The van der Waals surface area contributed by atoms with E-state index in [9.17, 15) is 24.0 Å². The maximum atomic E-state index is 15.5. The van der Waals surface area contributed by atoms with Gasteiger partial charge in [-0.2, -0.15) is 0 Å². The van der Waals surface area contributed by atoms with E-state index in [0.717, 1.165) is 0 Å². The second kappa shape index (κ2) is 19.0. The molecule has 4 N–H and O–H groups in total. The van der Waals surface area contributed by atoms with Gasteiger partial charge in [-0.15, -0.1) is 9.98 Å². The van der Waals surface area contributed by atoms with Crippen LogP contribution in [0.4, 0.5) is 29.3 Å². The number of anilines is 1. The zero-order chi connectivity index (χ0) is 43.6. The lowest BCUT2D eigenvalue weighted by atomic mass is 9.98. The first-order valence-corrected chi connectivity index (χ1v) is 18.7. The quantitative estimate of drug-likeness (QED) is 0.130. The summed E-state index contributed by atoms with van der Waals surface area (Å²) in [4.78, 5) is 72.4. The van der Waals surface area contributed by atoms with Crippen LogP contribution in [0.25, 0.3) is 5.57 Å². The van der Waals surface area contributed by atoms with Crippen molar-refractivity contribution >= 4 is 53.5 Å². The molecule has 0 aliphatic carbocycles. The first-order chi connectivity index (χ1) is 26.6. The molecule has 5 amide bonds. The molecular weight excluding hydrogens is 753 g/mol. The van der Waals surface area contributed by atoms with Crippen LogP contribution in [0.5, 0.6) is 0 Å². The number of carbonyl (C=O) groups excluding carboxylic acids is 5. The maximum absolute atomic E-state index is 15.5. The topological polar surface area (TPSA) is 198 Å². The predicted octanol–water partition coefficient (Wildman–Crippen LogP) is 7.89. The average molecular weight is 810 g/mol. The molecule has 0 fully saturated rings. The third-order valence-corrected chi connectivity index (χ3v) is 7.18. The molecule has 17 heteroatoms. The van der Waals surface area contributed by atoms with E-state index in [0.29, 0.717) is 28.7 Å². The number of nitrogens with zero attached hydrogens (tertiary/aromatic N) is 3. The Labute approximate surface area is 339 Å². The summed E-state index contributed by atoms with van der Waals surface area (Å²) in [6.45, 7) is 20.9. The van der Waals surface area contributed by atoms with Gasteiger partial charge in [0.2, 0.25) is 11.9 Å². The van der Waals surface area contributed by atoms with E-state index >= 15 is 4.39 Å². The zero-order valence-corrected chi connectivity index (χ0v) is 35.3. The lowest BCUT2D eigenvalue weighted by Crippen LogP contribution is -2.48. The van der Waals surface area contributed by atoms with Crippen molar-refractivity contribution in [3.05, 3.63) is 71.0 Å². The Bertz CT molecular complexity index is 1930. The van der Waals surface area contributed by atoms with Gasteiger partial charge < -0.3 is 34.5 Å². The maximum Gasteiger partial charge on any atom is 0.437 e. The molecule has 3 rings (SSSR count). The summed E-state index contributed by atoms with van der Waals surface area (Å²) in [6.07, 6.45) is -1.33. The summed E-state index contributed by atoms with van der Waals surface area (Å²) in [6, 6.07) is 10.8. The van der Waals surface area contributed by atoms with Crippen LogP contribution in [0.2, 0.25) is 0 Å². The normalized spacial score (nSPS) is 14.1. The van der Waals surface area contributed by atoms with Crippen molar-refractivity contribution in [1.82, 2.24) is 20.9 Å². The summed E-state index contributed by atoms with van der Waals surface area (Å²) in [5, 5.41) is 10.5. The van der Waals surface area contributed by atoms with Crippen molar-refractivity contribution in [2.75, 3.05) is 18.4 Å². The number of aliphatic imine (C=N–C) groups is 2. The first kappa shape index (κ1) is 46.4. The molecule has 1 aliphatic heterocycles. The molecule has 0 bridgehead atoms. The molecule has 16 nitrogen and oxygen atoms in total. The van der Waals surface area contributed by atoms with E-state index in [1.807, 2.05) is 0 Å². The highest BCUT2D eigenvalue weighted by molar-refractivity contribution is 6.04. The summed E-state index contributed by atoms with van der Waals surface area (Å²) in [7, 11) is 0. The van der Waals surface area contributed by atoms with Crippen molar-refractivity contribution in [1.29, 1.82) is 0 Å². The third kappa shape index (κ3) is 17.0. The number of carbonyl (C=O) groups is 5. The highest BCUT2D eigenvalue weighted by atomic mass is 19.1. The molecule has 1 heterocycles. The molecule has 316 valence electrons. The van der Waals surface area contributed by atoms with Crippen LogP contribution in [-0.4, -0.2) is 82.6 Å². The van der Waals surface area contributed by atoms with Crippen LogP contribution >= 0.6 is 0 Å². The number of hydrogen-bond acceptors (Lipinski definition) is 9. The van der Waals surface area contributed by atoms with Crippen molar-refractivity contribution in [3.8, 4) is 0 Å². The van der Waals surface area contributed by atoms with Crippen molar-refractivity contribution in [3.63, 3.8) is 0 Å². The van der Waals surface area contributed by atoms with E-state index in [2.05, 4.69) is 31.3 Å². The van der Waals surface area contributed by atoms with Gasteiger partial charge in [0.1, 0.15) is 28.2 Å². The molecule has 58 heavy (non-hydrogen) atoms. The summed E-state index contributed by atoms with van der Waals surface area (Å²) in [5.74, 6) is -1.29. The summed E-state index contributed by atoms with van der Waals surface area (Å²) < 4.78 is 36.6. The smallest absolute Gasteiger partial charge is 0.437 e. The number of nitrogens with one attached hydrogen (secondary N) is 4. The number of alkyl carbamates (subject to hydrolysis) is 2. The fourth-order valence-corrected chi connectivity index (χ4v) is 4.95. The van der Waals surface area contributed by atoms with Crippen LogP contribution < -0.4 is 21.3 Å². The van der Waals surface area contributed by atoms with Crippen molar-refractivity contribution < 1.29 is 47.3 Å².